The van der Waals surface area contributed by atoms with Gasteiger partial charge in [-0.1, -0.05) is 67.4 Å². The molecule has 14 rings (SSSR count). The zero-order chi connectivity index (χ0) is 78.5. The van der Waals surface area contributed by atoms with Crippen molar-refractivity contribution in [2.75, 3.05) is 0 Å². The summed E-state index contributed by atoms with van der Waals surface area (Å²) in [5.41, 5.74) is 25.6. The second-order valence-corrected chi connectivity index (χ2v) is 28.2. The number of nitriles is 1. The number of pyridine rings is 3. The Morgan fingerprint density at radius 3 is 1.19 bits per heavy atom. The number of amides is 2. The van der Waals surface area contributed by atoms with Gasteiger partial charge in [-0.05, 0) is 188 Å². The number of carbonyl (C=O) groups excluding carboxylic acids is 2. The lowest BCUT2D eigenvalue weighted by Crippen LogP contribution is -2.30. The summed E-state index contributed by atoms with van der Waals surface area (Å²) in [7, 11) is 5.89. The van der Waals surface area contributed by atoms with E-state index < -0.39 is 71.5 Å². The first-order valence-electron chi connectivity index (χ1n) is 35.0. The Morgan fingerprint density at radius 1 is 0.486 bits per heavy atom. The molecule has 0 radical (unpaired) electrons. The maximum absolute atomic E-state index is 14.0. The summed E-state index contributed by atoms with van der Waals surface area (Å²) in [6, 6.07) is 33.6. The lowest BCUT2D eigenvalue weighted by Gasteiger charge is -2.17. The van der Waals surface area contributed by atoms with Crippen LogP contribution >= 0.6 is 11.6 Å². The van der Waals surface area contributed by atoms with Gasteiger partial charge < -0.3 is 40.5 Å². The lowest BCUT2D eigenvalue weighted by molar-refractivity contribution is -0.138. The minimum Gasteiger partial charge on any atom is -0.481 e. The van der Waals surface area contributed by atoms with Gasteiger partial charge in [-0.2, -0.15) is 5.26 Å². The normalized spacial score (nSPS) is 12.3. The van der Waals surface area contributed by atoms with Gasteiger partial charge in [0, 0.05) is 77.5 Å². The highest BCUT2D eigenvalue weighted by molar-refractivity contribution is 6.30. The maximum atomic E-state index is 14.0. The summed E-state index contributed by atoms with van der Waals surface area (Å²) < 4.78 is 28.5. The third-order valence-corrected chi connectivity index (χ3v) is 20.1. The first kappa shape index (κ1) is 75.7. The predicted molar refractivity (Wildman–Crippen MR) is 413 cm³/mol. The van der Waals surface area contributed by atoms with Gasteiger partial charge in [-0.3, -0.25) is 51.4 Å². The summed E-state index contributed by atoms with van der Waals surface area (Å²) in [5, 5.41) is 42.0. The molecule has 0 bridgehead atoms. The largest absolute Gasteiger partial charge is 0.481 e. The van der Waals surface area contributed by atoms with Crippen molar-refractivity contribution in [2.45, 2.75) is 118 Å². The molecule has 558 valence electrons. The Kier molecular flexibility index (Phi) is 21.2. The van der Waals surface area contributed by atoms with Crippen LogP contribution in [-0.2, 0) is 55.2 Å². The van der Waals surface area contributed by atoms with Crippen LogP contribution in [0.1, 0.15) is 145 Å². The molecular formula is C81H79ClFN15O11. The molecule has 2 amide bonds. The van der Waals surface area contributed by atoms with E-state index in [0.29, 0.717) is 45.5 Å². The number of halogens is 2. The van der Waals surface area contributed by atoms with Crippen LogP contribution in [0.25, 0.3) is 66.2 Å². The zero-order valence-corrected chi connectivity index (χ0v) is 62.3. The molecule has 28 heteroatoms. The molecule has 5 aromatic carbocycles. The van der Waals surface area contributed by atoms with Crippen molar-refractivity contribution < 1.29 is 43.7 Å². The van der Waals surface area contributed by atoms with Crippen molar-refractivity contribution in [1.29, 1.82) is 5.26 Å². The lowest BCUT2D eigenvalue weighted by atomic mass is 10.0. The number of fused-ring (bicyclic) bond motifs is 6. The molecule has 0 aliphatic carbocycles. The Bertz CT molecular complexity index is 6280. The van der Waals surface area contributed by atoms with Gasteiger partial charge in [0.25, 0.3) is 11.8 Å². The molecule has 109 heavy (non-hydrogen) atoms. The molecule has 0 aliphatic heterocycles. The molecule has 3 atom stereocenters. The standard InChI is InChI=1S/C28H24ClN5O3.C28H26FN5O4.C25H29N5O4/c1-16-10-17(2)26-19(14-32(3)24(26)11-16)15-33-22-9-8-21(13-30)31-27(22)34(28(33)37)23(12-25(35)36)18-4-6-20(29)7-5-18;1-15-10-16(2)25-18(13-32(3)23(25)11-15)14-33-21-9-8-20(26(30)37)31-27(21)34(28(33)38)22(12-24(35)36)17-4-6-19(29)7-5-17;1-5-6-17(11-21(31)32)30-24-19(8-7-18(27-24)23(26)33)29(25(30)34)13-16-12-28(4)20-10-14(2)9-15(3)22(16)20/h4-11,14,23H,12,15H2,1-3H3,(H,35,36);4-11,13,22H,12,14H2,1-3H3,(H2,30,37)(H,35,36);7-10,12,17H,5-6,11,13H2,1-4H3,(H2,26,33)(H,31,32)/t23-;22-;/m11./s1. The zero-order valence-electron chi connectivity index (χ0n) is 61.5. The molecule has 26 nitrogen and oxygen atoms in total. The van der Waals surface area contributed by atoms with Crippen LogP contribution < -0.4 is 28.5 Å². The number of imidazole rings is 3. The van der Waals surface area contributed by atoms with Crippen molar-refractivity contribution in [2.24, 2.45) is 32.6 Å². The van der Waals surface area contributed by atoms with E-state index in [0.717, 1.165) is 82.8 Å². The maximum Gasteiger partial charge on any atom is 0.331 e. The van der Waals surface area contributed by atoms with Crippen LogP contribution in [0.4, 0.5) is 4.39 Å². The van der Waals surface area contributed by atoms with Crippen molar-refractivity contribution in [3.63, 3.8) is 0 Å². The second-order valence-electron chi connectivity index (χ2n) is 27.8. The monoisotopic (exact) mass is 1490 g/mol. The van der Waals surface area contributed by atoms with E-state index in [1.807, 2.05) is 80.3 Å². The van der Waals surface area contributed by atoms with Gasteiger partial charge in [0.1, 0.15) is 29.0 Å². The number of carboxylic acid groups (broad SMARTS) is 3. The fourth-order valence-electron chi connectivity index (χ4n) is 15.3. The van der Waals surface area contributed by atoms with Crippen LogP contribution in [0.15, 0.2) is 154 Å². The first-order chi connectivity index (χ1) is 51.8. The van der Waals surface area contributed by atoms with E-state index in [1.54, 1.807) is 57.7 Å². The average molecular weight is 1490 g/mol. The first-order valence-corrected chi connectivity index (χ1v) is 35.4. The van der Waals surface area contributed by atoms with Gasteiger partial charge in [0.05, 0.1) is 73.6 Å². The van der Waals surface area contributed by atoms with Crippen molar-refractivity contribution in [3.8, 4) is 6.07 Å². The third kappa shape index (κ3) is 14.9. The van der Waals surface area contributed by atoms with E-state index in [-0.39, 0.29) is 72.2 Å². The topological polar surface area (TPSA) is 356 Å². The number of rotatable bonds is 21. The number of aryl methyl sites for hydroxylation is 9. The smallest absolute Gasteiger partial charge is 0.331 e. The molecule has 0 fully saturated rings. The Labute approximate surface area is 626 Å². The number of hydrogen-bond acceptors (Lipinski definition) is 12. The molecule has 9 aromatic heterocycles. The number of primary amides is 2. The molecule has 1 unspecified atom stereocenters. The molecule has 7 N–H and O–H groups in total. The van der Waals surface area contributed by atoms with Gasteiger partial charge in [0.15, 0.2) is 16.9 Å². The van der Waals surface area contributed by atoms with Crippen LogP contribution in [0, 0.1) is 58.7 Å². The number of nitrogens with two attached hydrogens (primary N) is 2. The Morgan fingerprint density at radius 2 is 0.835 bits per heavy atom. The Balaban J connectivity index is 0.000000153. The average Bonchev–Trinajstić information content (AvgIpc) is 1.60. The molecule has 14 aromatic rings. The Hall–Kier alpha value is -13.0. The van der Waals surface area contributed by atoms with Crippen LogP contribution in [0.2, 0.25) is 5.02 Å². The number of hydrogen-bond donors (Lipinski definition) is 5. The number of benzene rings is 5. The van der Waals surface area contributed by atoms with Gasteiger partial charge in [-0.25, -0.2) is 33.7 Å². The molecule has 9 heterocycles. The summed E-state index contributed by atoms with van der Waals surface area (Å²) in [6.07, 6.45) is 6.14. The van der Waals surface area contributed by atoms with Crippen molar-refractivity contribution >= 4 is 108 Å². The summed E-state index contributed by atoms with van der Waals surface area (Å²) in [4.78, 5) is 114. The summed E-state index contributed by atoms with van der Waals surface area (Å²) in [6.45, 7) is 14.9. The fraction of sp³-hybridized carbons (Fsp3) is 0.259. The quantitative estimate of drug-likeness (QED) is 0.0446. The van der Waals surface area contributed by atoms with E-state index in [9.17, 15) is 63.3 Å². The predicted octanol–water partition coefficient (Wildman–Crippen LogP) is 11.9. The van der Waals surface area contributed by atoms with Crippen LogP contribution in [-0.4, -0.2) is 101 Å². The van der Waals surface area contributed by atoms with E-state index in [4.69, 9.17) is 23.1 Å². The van der Waals surface area contributed by atoms with Gasteiger partial charge in [0.2, 0.25) is 0 Å². The third-order valence-electron chi connectivity index (χ3n) is 19.8. The van der Waals surface area contributed by atoms with E-state index >= 15 is 0 Å². The second kappa shape index (κ2) is 30.5. The molecule has 0 saturated carbocycles. The molecule has 0 spiro atoms. The van der Waals surface area contributed by atoms with Crippen molar-refractivity contribution in [1.82, 2.24) is 56.1 Å². The minimum atomic E-state index is -1.15. The minimum absolute atomic E-state index is 0.0282. The number of aromatic nitrogens is 12. The molecule has 0 saturated heterocycles. The van der Waals surface area contributed by atoms with E-state index in [2.05, 4.69) is 79.0 Å². The number of carboxylic acids is 3. The number of carbonyl (C=O) groups is 5. The highest BCUT2D eigenvalue weighted by Gasteiger charge is 2.31. The molecular weight excluding hydrogens is 1410 g/mol. The number of nitrogens with zero attached hydrogens (tertiary/aromatic N) is 13. The highest BCUT2D eigenvalue weighted by Crippen LogP contribution is 2.34. The van der Waals surface area contributed by atoms with Crippen LogP contribution in [0.5, 0.6) is 0 Å². The van der Waals surface area contributed by atoms with Crippen LogP contribution in [0.3, 0.4) is 0 Å². The van der Waals surface area contributed by atoms with Gasteiger partial charge in [-0.15, -0.1) is 0 Å². The van der Waals surface area contributed by atoms with Crippen molar-refractivity contribution in [3.05, 3.63) is 260 Å². The number of aliphatic carboxylic acids is 3. The fourth-order valence-corrected chi connectivity index (χ4v) is 15.4. The summed E-state index contributed by atoms with van der Waals surface area (Å²) in [5.74, 6) is -5.21. The summed E-state index contributed by atoms with van der Waals surface area (Å²) >= 11 is 6.06. The molecule has 0 aliphatic rings. The van der Waals surface area contributed by atoms with Gasteiger partial charge >= 0.3 is 35.0 Å². The highest BCUT2D eigenvalue weighted by atomic mass is 35.5. The SMILES string of the molecule is CCCC(CC(=O)O)n1c(=O)n(Cc2cn(C)c3cc(C)cc(C)c23)c2ccc(C(N)=O)nc21.Cc1cc(C)c2c(Cn3c(=O)n([C@H](CC(=O)O)c4ccc(Cl)cc4)c4nc(C#N)ccc43)cn(C)c2c1.Cc1cc(C)c2c(Cn3c(=O)n([C@H](CC(=O)O)c4ccc(F)cc4)c4nc(C(N)=O)ccc43)cn(C)c2c1. The van der Waals surface area contributed by atoms with E-state index in [1.165, 1.54) is 54.7 Å².